The second kappa shape index (κ2) is 5.98. The molecule has 0 heterocycles. The van der Waals surface area contributed by atoms with Gasteiger partial charge >= 0.3 is 0 Å². The molecule has 1 unspecified atom stereocenters. The lowest BCUT2D eigenvalue weighted by molar-refractivity contribution is 0.414. The maximum atomic E-state index is 6.13. The second-order valence-corrected chi connectivity index (χ2v) is 5.01. The quantitative estimate of drug-likeness (QED) is 0.863. The van der Waals surface area contributed by atoms with Gasteiger partial charge in [0.2, 0.25) is 0 Å². The summed E-state index contributed by atoms with van der Waals surface area (Å²) in [6.45, 7) is 4.11. The first-order valence-corrected chi connectivity index (χ1v) is 6.64. The summed E-state index contributed by atoms with van der Waals surface area (Å²) in [6.07, 6.45) is 0. The Balaban J connectivity index is 2.15. The van der Waals surface area contributed by atoms with Crippen LogP contribution in [0.2, 0.25) is 5.02 Å². The normalized spacial score (nSPS) is 12.0. The van der Waals surface area contributed by atoms with Gasteiger partial charge in [-0.05, 0) is 49.2 Å². The Morgan fingerprint density at radius 2 is 1.95 bits per heavy atom. The molecule has 0 saturated heterocycles. The fraction of sp³-hybridized carbons (Fsp3) is 0.250. The zero-order valence-corrected chi connectivity index (χ0v) is 12.2. The highest BCUT2D eigenvalue weighted by Gasteiger charge is 2.07. The zero-order valence-electron chi connectivity index (χ0n) is 11.4. The number of methoxy groups -OCH3 is 1. The number of ether oxygens (including phenoxy) is 1. The van der Waals surface area contributed by atoms with Crippen molar-refractivity contribution in [3.8, 4) is 5.75 Å². The van der Waals surface area contributed by atoms with E-state index < -0.39 is 0 Å². The van der Waals surface area contributed by atoms with Gasteiger partial charge in [-0.15, -0.1) is 0 Å². The van der Waals surface area contributed by atoms with Crippen LogP contribution in [0.4, 0.5) is 5.69 Å². The molecule has 0 aliphatic heterocycles. The number of hydrogen-bond donors (Lipinski definition) is 1. The maximum Gasteiger partial charge on any atom is 0.119 e. The molecule has 100 valence electrons. The van der Waals surface area contributed by atoms with E-state index in [2.05, 4.69) is 18.3 Å². The van der Waals surface area contributed by atoms with Crippen molar-refractivity contribution in [1.29, 1.82) is 0 Å². The molecule has 1 atom stereocenters. The Bertz CT molecular complexity index is 568. The average molecular weight is 276 g/mol. The molecule has 0 fully saturated rings. The van der Waals surface area contributed by atoms with Gasteiger partial charge in [0.05, 0.1) is 7.11 Å². The van der Waals surface area contributed by atoms with Crippen LogP contribution in [0.15, 0.2) is 42.5 Å². The number of halogens is 1. The van der Waals surface area contributed by atoms with Gasteiger partial charge in [-0.1, -0.05) is 29.8 Å². The van der Waals surface area contributed by atoms with Crippen LogP contribution < -0.4 is 10.1 Å². The lowest BCUT2D eigenvalue weighted by Crippen LogP contribution is -2.06. The van der Waals surface area contributed by atoms with Crippen LogP contribution >= 0.6 is 11.6 Å². The summed E-state index contributed by atoms with van der Waals surface area (Å²) in [5.74, 6) is 0.869. The zero-order chi connectivity index (χ0) is 13.8. The van der Waals surface area contributed by atoms with Gasteiger partial charge in [0.1, 0.15) is 5.75 Å². The maximum absolute atomic E-state index is 6.13. The molecular weight excluding hydrogens is 258 g/mol. The van der Waals surface area contributed by atoms with E-state index in [9.17, 15) is 0 Å². The van der Waals surface area contributed by atoms with Gasteiger partial charge in [0.15, 0.2) is 0 Å². The van der Waals surface area contributed by atoms with Crippen molar-refractivity contribution in [1.82, 2.24) is 0 Å². The minimum Gasteiger partial charge on any atom is -0.497 e. The fourth-order valence-electron chi connectivity index (χ4n) is 1.93. The Labute approximate surface area is 119 Å². The largest absolute Gasteiger partial charge is 0.497 e. The predicted molar refractivity (Wildman–Crippen MR) is 81.2 cm³/mol. The first-order valence-electron chi connectivity index (χ1n) is 6.27. The summed E-state index contributed by atoms with van der Waals surface area (Å²) in [7, 11) is 1.68. The van der Waals surface area contributed by atoms with Crippen LogP contribution in [0.3, 0.4) is 0 Å². The van der Waals surface area contributed by atoms with Crippen molar-refractivity contribution >= 4 is 17.3 Å². The molecule has 0 saturated carbocycles. The van der Waals surface area contributed by atoms with Crippen LogP contribution in [-0.2, 0) is 0 Å². The lowest BCUT2D eigenvalue weighted by atomic mass is 10.1. The third kappa shape index (κ3) is 3.42. The summed E-state index contributed by atoms with van der Waals surface area (Å²) in [4.78, 5) is 0. The highest BCUT2D eigenvalue weighted by atomic mass is 35.5. The van der Waals surface area contributed by atoms with Crippen LogP contribution in [-0.4, -0.2) is 7.11 Å². The first-order chi connectivity index (χ1) is 9.10. The molecule has 3 heteroatoms. The number of anilines is 1. The van der Waals surface area contributed by atoms with Gasteiger partial charge in [0.25, 0.3) is 0 Å². The van der Waals surface area contributed by atoms with E-state index in [0.29, 0.717) is 0 Å². The van der Waals surface area contributed by atoms with Crippen molar-refractivity contribution in [3.05, 3.63) is 58.6 Å². The van der Waals surface area contributed by atoms with E-state index in [0.717, 1.165) is 22.0 Å². The van der Waals surface area contributed by atoms with Gasteiger partial charge < -0.3 is 10.1 Å². The topological polar surface area (TPSA) is 21.3 Å². The molecule has 2 aromatic carbocycles. The molecule has 0 radical (unpaired) electrons. The minimum atomic E-state index is 0.189. The Hall–Kier alpha value is -1.67. The standard InChI is InChI=1S/C16H18ClNO/c1-11-7-8-14(10-16(11)17)18-12(2)13-5-4-6-15(9-13)19-3/h4-10,12,18H,1-3H3. The van der Waals surface area contributed by atoms with E-state index in [1.807, 2.05) is 43.3 Å². The Kier molecular flexibility index (Phi) is 4.33. The Morgan fingerprint density at radius 1 is 1.16 bits per heavy atom. The highest BCUT2D eigenvalue weighted by molar-refractivity contribution is 6.31. The van der Waals surface area contributed by atoms with E-state index in [1.54, 1.807) is 7.11 Å². The van der Waals surface area contributed by atoms with Crippen molar-refractivity contribution < 1.29 is 4.74 Å². The molecule has 2 aromatic rings. The lowest BCUT2D eigenvalue weighted by Gasteiger charge is -2.17. The number of benzene rings is 2. The van der Waals surface area contributed by atoms with Crippen molar-refractivity contribution in [2.45, 2.75) is 19.9 Å². The summed E-state index contributed by atoms with van der Waals surface area (Å²) >= 11 is 6.13. The number of hydrogen-bond acceptors (Lipinski definition) is 2. The fourth-order valence-corrected chi connectivity index (χ4v) is 2.11. The molecule has 0 amide bonds. The Morgan fingerprint density at radius 3 is 2.63 bits per heavy atom. The van der Waals surface area contributed by atoms with E-state index >= 15 is 0 Å². The smallest absolute Gasteiger partial charge is 0.119 e. The minimum absolute atomic E-state index is 0.189. The van der Waals surface area contributed by atoms with Gasteiger partial charge in [0, 0.05) is 16.8 Å². The van der Waals surface area contributed by atoms with Crippen molar-refractivity contribution in [3.63, 3.8) is 0 Å². The number of rotatable bonds is 4. The summed E-state index contributed by atoms with van der Waals surface area (Å²) in [6, 6.07) is 14.2. The van der Waals surface area contributed by atoms with Crippen molar-refractivity contribution in [2.24, 2.45) is 0 Å². The van der Waals surface area contributed by atoms with Crippen molar-refractivity contribution in [2.75, 3.05) is 12.4 Å². The summed E-state index contributed by atoms with van der Waals surface area (Å²) in [5, 5.41) is 4.22. The predicted octanol–water partition coefficient (Wildman–Crippen LogP) is 4.83. The molecule has 0 bridgehead atoms. The van der Waals surface area contributed by atoms with E-state index in [4.69, 9.17) is 16.3 Å². The van der Waals surface area contributed by atoms with Gasteiger partial charge in [-0.3, -0.25) is 0 Å². The summed E-state index contributed by atoms with van der Waals surface area (Å²) < 4.78 is 5.24. The molecule has 0 spiro atoms. The summed E-state index contributed by atoms with van der Waals surface area (Å²) in [5.41, 5.74) is 3.28. The monoisotopic (exact) mass is 275 g/mol. The molecule has 0 aromatic heterocycles. The van der Waals surface area contributed by atoms with Gasteiger partial charge in [-0.2, -0.15) is 0 Å². The molecule has 19 heavy (non-hydrogen) atoms. The molecule has 2 nitrogen and oxygen atoms in total. The molecule has 1 N–H and O–H groups in total. The number of aryl methyl sites for hydroxylation is 1. The third-order valence-electron chi connectivity index (χ3n) is 3.15. The second-order valence-electron chi connectivity index (χ2n) is 4.61. The first kappa shape index (κ1) is 13.8. The SMILES string of the molecule is COc1cccc(C(C)Nc2ccc(C)c(Cl)c2)c1. The van der Waals surface area contributed by atoms with Crippen LogP contribution in [0.5, 0.6) is 5.75 Å². The van der Waals surface area contributed by atoms with Crippen LogP contribution in [0.1, 0.15) is 24.1 Å². The highest BCUT2D eigenvalue weighted by Crippen LogP contribution is 2.25. The molecule has 0 aliphatic carbocycles. The van der Waals surface area contributed by atoms with E-state index in [-0.39, 0.29) is 6.04 Å². The molecule has 2 rings (SSSR count). The van der Waals surface area contributed by atoms with E-state index in [1.165, 1.54) is 5.56 Å². The van der Waals surface area contributed by atoms with Crippen LogP contribution in [0.25, 0.3) is 0 Å². The van der Waals surface area contributed by atoms with Gasteiger partial charge in [-0.25, -0.2) is 0 Å². The number of nitrogens with one attached hydrogen (secondary N) is 1. The average Bonchev–Trinajstić information content (AvgIpc) is 2.43. The molecular formula is C16H18ClNO. The third-order valence-corrected chi connectivity index (χ3v) is 3.56. The van der Waals surface area contributed by atoms with Crippen LogP contribution in [0, 0.1) is 6.92 Å². The molecule has 0 aliphatic rings.